The first-order valence-corrected chi connectivity index (χ1v) is 4.96. The van der Waals surface area contributed by atoms with Crippen molar-refractivity contribution in [3.8, 4) is 5.75 Å². The summed E-state index contributed by atoms with van der Waals surface area (Å²) in [6, 6.07) is 3.38. The summed E-state index contributed by atoms with van der Waals surface area (Å²) in [4.78, 5) is 11.6. The number of fused-ring (bicyclic) bond motifs is 1. The van der Waals surface area contributed by atoms with Gasteiger partial charge in [0.1, 0.15) is 5.75 Å². The summed E-state index contributed by atoms with van der Waals surface area (Å²) in [5, 5.41) is 0. The predicted octanol–water partition coefficient (Wildman–Crippen LogP) is -0.970. The quantitative estimate of drug-likeness (QED) is 0.492. The first-order chi connectivity index (χ1) is 7.71. The molecule has 1 aliphatic rings. The Bertz CT molecular complexity index is 488. The minimum Gasteiger partial charge on any atom is -0.452 e. The van der Waals surface area contributed by atoms with Gasteiger partial charge in [0.25, 0.3) is 0 Å². The number of hydrogen-bond donors (Lipinski definition) is 0. The van der Waals surface area contributed by atoms with Crippen molar-refractivity contribution in [3.63, 3.8) is 0 Å². The fraction of sp³-hybridized carbons (Fsp3) is 0.300. The molecule has 0 amide bonds. The molecule has 0 saturated carbocycles. The summed E-state index contributed by atoms with van der Waals surface area (Å²) >= 11 is 0. The molecule has 2 rings (SSSR count). The molecule has 0 saturated heterocycles. The van der Waals surface area contributed by atoms with Gasteiger partial charge in [0, 0.05) is 13.8 Å². The summed E-state index contributed by atoms with van der Waals surface area (Å²) < 4.78 is 48.2. The van der Waals surface area contributed by atoms with Crippen molar-refractivity contribution in [2.24, 2.45) is 0 Å². The van der Waals surface area contributed by atoms with Crippen LogP contribution in [0.5, 0.6) is 5.75 Å². The molecule has 1 aromatic rings. The molecule has 3 nitrogen and oxygen atoms in total. The molecule has 1 aliphatic heterocycles. The minimum absolute atomic E-state index is 0. The fourth-order valence-electron chi connectivity index (χ4n) is 1.68. The SMILES string of the molecule is CC1(C)OC(=O)c2c(cccc2[B-](F)(F)F)O1.[K+]. The fourth-order valence-corrected chi connectivity index (χ4v) is 1.68. The van der Waals surface area contributed by atoms with Crippen LogP contribution in [0.1, 0.15) is 24.2 Å². The van der Waals surface area contributed by atoms with Crippen molar-refractivity contribution >= 4 is 18.4 Å². The molecule has 92 valence electrons. The van der Waals surface area contributed by atoms with Gasteiger partial charge < -0.3 is 22.4 Å². The Balaban J connectivity index is 0.00000162. The Hall–Kier alpha value is -0.0187. The molecule has 0 aliphatic carbocycles. The number of esters is 1. The molecule has 1 heterocycles. The molecular weight excluding hydrogens is 275 g/mol. The van der Waals surface area contributed by atoms with Crippen LogP contribution in [0, 0.1) is 0 Å². The topological polar surface area (TPSA) is 35.5 Å². The smallest absolute Gasteiger partial charge is 0.452 e. The second kappa shape index (κ2) is 5.16. The number of hydrogen-bond acceptors (Lipinski definition) is 3. The van der Waals surface area contributed by atoms with E-state index in [4.69, 9.17) is 9.47 Å². The molecule has 0 spiro atoms. The third kappa shape index (κ3) is 3.11. The van der Waals surface area contributed by atoms with Gasteiger partial charge in [-0.05, 0) is 6.07 Å². The Morgan fingerprint density at radius 3 is 2.33 bits per heavy atom. The van der Waals surface area contributed by atoms with Gasteiger partial charge in [-0.3, -0.25) is 0 Å². The summed E-state index contributed by atoms with van der Waals surface area (Å²) in [7, 11) is 0. The summed E-state index contributed by atoms with van der Waals surface area (Å²) in [6.45, 7) is -2.36. The average Bonchev–Trinajstić information content (AvgIpc) is 2.13. The summed E-state index contributed by atoms with van der Waals surface area (Å²) in [5.41, 5.74) is -1.53. The molecule has 0 bridgehead atoms. The molecule has 8 heteroatoms. The van der Waals surface area contributed by atoms with Crippen molar-refractivity contribution in [2.75, 3.05) is 0 Å². The van der Waals surface area contributed by atoms with Gasteiger partial charge in [0.15, 0.2) is 0 Å². The molecule has 0 aromatic heterocycles. The van der Waals surface area contributed by atoms with E-state index < -0.39 is 29.8 Å². The van der Waals surface area contributed by atoms with Crippen LogP contribution in [-0.2, 0) is 4.74 Å². The molecular formula is C10H9BF3KO3. The number of carbonyl (C=O) groups is 1. The maximum atomic E-state index is 12.7. The molecule has 1 aromatic carbocycles. The summed E-state index contributed by atoms with van der Waals surface area (Å²) in [6.07, 6.45) is 0. The number of ether oxygens (including phenoxy) is 2. The van der Waals surface area contributed by atoms with Gasteiger partial charge in [-0.25, -0.2) is 4.79 Å². The van der Waals surface area contributed by atoms with Crippen molar-refractivity contribution in [1.82, 2.24) is 0 Å². The number of rotatable bonds is 1. The maximum Gasteiger partial charge on any atom is 1.00 e. The van der Waals surface area contributed by atoms with Crippen molar-refractivity contribution in [1.29, 1.82) is 0 Å². The first kappa shape index (κ1) is 16.0. The Morgan fingerprint density at radius 1 is 1.17 bits per heavy atom. The number of halogens is 3. The molecule has 0 N–H and O–H groups in total. The first-order valence-electron chi connectivity index (χ1n) is 4.96. The Kier molecular flexibility index (Phi) is 4.60. The van der Waals surface area contributed by atoms with Crippen LogP contribution in [0.3, 0.4) is 0 Å². The average molecular weight is 284 g/mol. The van der Waals surface area contributed by atoms with E-state index >= 15 is 0 Å². The Morgan fingerprint density at radius 2 is 1.78 bits per heavy atom. The van der Waals surface area contributed by atoms with Crippen LogP contribution in [0.4, 0.5) is 12.9 Å². The monoisotopic (exact) mass is 284 g/mol. The molecule has 0 radical (unpaired) electrons. The van der Waals surface area contributed by atoms with Crippen LogP contribution in [0.2, 0.25) is 0 Å². The van der Waals surface area contributed by atoms with Gasteiger partial charge >= 0.3 is 64.3 Å². The zero-order chi connectivity index (χ0) is 12.8. The zero-order valence-corrected chi connectivity index (χ0v) is 13.3. The molecule has 0 unspecified atom stereocenters. The molecule has 0 atom stereocenters. The van der Waals surface area contributed by atoms with E-state index in [1.54, 1.807) is 0 Å². The van der Waals surface area contributed by atoms with E-state index in [1.807, 2.05) is 0 Å². The predicted molar refractivity (Wildman–Crippen MR) is 55.3 cm³/mol. The third-order valence-corrected chi connectivity index (χ3v) is 2.31. The van der Waals surface area contributed by atoms with Crippen LogP contribution in [0.15, 0.2) is 18.2 Å². The van der Waals surface area contributed by atoms with E-state index in [0.29, 0.717) is 0 Å². The van der Waals surface area contributed by atoms with Crippen molar-refractivity contribution in [3.05, 3.63) is 23.8 Å². The number of benzene rings is 1. The van der Waals surface area contributed by atoms with E-state index in [-0.39, 0.29) is 57.1 Å². The third-order valence-electron chi connectivity index (χ3n) is 2.31. The zero-order valence-electron chi connectivity index (χ0n) is 10.2. The van der Waals surface area contributed by atoms with Crippen molar-refractivity contribution < 1.29 is 78.6 Å². The van der Waals surface area contributed by atoms with Crippen LogP contribution >= 0.6 is 0 Å². The standard InChI is InChI=1S/C10H9BF3O3.K/c1-10(2)16-7-5-3-4-6(11(12,13)14)8(7)9(15)17-10;/h3-5H,1-2H3;/q-1;+1. The van der Waals surface area contributed by atoms with E-state index in [9.17, 15) is 17.7 Å². The molecule has 18 heavy (non-hydrogen) atoms. The maximum absolute atomic E-state index is 12.7. The number of cyclic esters (lactones) is 1. The number of carbonyl (C=O) groups excluding carboxylic acids is 1. The van der Waals surface area contributed by atoms with Gasteiger partial charge in [0.2, 0.25) is 5.79 Å². The second-order valence-electron chi connectivity index (χ2n) is 4.19. The van der Waals surface area contributed by atoms with Gasteiger partial charge in [-0.1, -0.05) is 17.6 Å². The van der Waals surface area contributed by atoms with E-state index in [0.717, 1.165) is 6.07 Å². The van der Waals surface area contributed by atoms with Crippen LogP contribution in [-0.4, -0.2) is 18.7 Å². The summed E-state index contributed by atoms with van der Waals surface area (Å²) in [5.74, 6) is -2.35. The minimum atomic E-state index is -5.28. The van der Waals surface area contributed by atoms with Crippen LogP contribution < -0.4 is 61.6 Å². The Labute approximate surface area is 144 Å². The van der Waals surface area contributed by atoms with Crippen LogP contribution in [0.25, 0.3) is 0 Å². The second-order valence-corrected chi connectivity index (χ2v) is 4.19. The van der Waals surface area contributed by atoms with Crippen molar-refractivity contribution in [2.45, 2.75) is 19.6 Å². The normalized spacial score (nSPS) is 17.1. The van der Waals surface area contributed by atoms with Gasteiger partial charge in [0.05, 0.1) is 5.56 Å². The largest absolute Gasteiger partial charge is 1.00 e. The van der Waals surface area contributed by atoms with E-state index in [2.05, 4.69) is 0 Å². The van der Waals surface area contributed by atoms with Gasteiger partial charge in [-0.15, -0.1) is 0 Å². The molecule has 0 fully saturated rings. The van der Waals surface area contributed by atoms with Gasteiger partial charge in [-0.2, -0.15) is 0 Å². The van der Waals surface area contributed by atoms with E-state index in [1.165, 1.54) is 26.0 Å².